The van der Waals surface area contributed by atoms with E-state index < -0.39 is 5.82 Å². The second kappa shape index (κ2) is 4.50. The first kappa shape index (κ1) is 10.9. The Morgan fingerprint density at radius 1 is 1.56 bits per heavy atom. The second-order valence-electron chi connectivity index (χ2n) is 3.90. The molecular weight excluding hydrogens is 207 g/mol. The number of nitriles is 1. The Kier molecular flexibility index (Phi) is 3.07. The van der Waals surface area contributed by atoms with Crippen LogP contribution in [0.2, 0.25) is 0 Å². The van der Waals surface area contributed by atoms with Gasteiger partial charge in [0.05, 0.1) is 18.2 Å². The van der Waals surface area contributed by atoms with E-state index in [2.05, 4.69) is 0 Å². The van der Waals surface area contributed by atoms with Crippen LogP contribution in [0.3, 0.4) is 0 Å². The summed E-state index contributed by atoms with van der Waals surface area (Å²) in [5.41, 5.74) is 0.867. The smallest absolute Gasteiger partial charge is 0.143 e. The van der Waals surface area contributed by atoms with Crippen LogP contribution in [0.1, 0.15) is 12.0 Å². The van der Waals surface area contributed by atoms with Crippen LogP contribution in [-0.2, 0) is 4.74 Å². The number of halogens is 1. The molecule has 0 aliphatic carbocycles. The van der Waals surface area contributed by atoms with Gasteiger partial charge in [0.1, 0.15) is 11.9 Å². The number of nitrogens with zero attached hydrogens (tertiary/aromatic N) is 2. The molecule has 0 radical (unpaired) electrons. The van der Waals surface area contributed by atoms with Crippen molar-refractivity contribution in [2.24, 2.45) is 0 Å². The Balaban J connectivity index is 2.20. The molecular formula is C12H13FN2O. The third kappa shape index (κ3) is 2.00. The summed E-state index contributed by atoms with van der Waals surface area (Å²) in [7, 11) is 1.92. The van der Waals surface area contributed by atoms with Crippen LogP contribution >= 0.6 is 0 Å². The maximum Gasteiger partial charge on any atom is 0.143 e. The number of benzene rings is 1. The van der Waals surface area contributed by atoms with Crippen LogP contribution in [0.5, 0.6) is 0 Å². The van der Waals surface area contributed by atoms with E-state index in [-0.39, 0.29) is 5.56 Å². The highest BCUT2D eigenvalue weighted by molar-refractivity contribution is 5.50. The maximum absolute atomic E-state index is 13.4. The van der Waals surface area contributed by atoms with E-state index in [4.69, 9.17) is 10.00 Å². The molecule has 1 saturated heterocycles. The molecule has 1 fully saturated rings. The molecule has 1 unspecified atom stereocenters. The van der Waals surface area contributed by atoms with Crippen molar-refractivity contribution in [3.8, 4) is 6.07 Å². The predicted molar refractivity (Wildman–Crippen MR) is 58.7 cm³/mol. The van der Waals surface area contributed by atoms with Gasteiger partial charge in [-0.3, -0.25) is 0 Å². The first-order valence-electron chi connectivity index (χ1n) is 5.22. The van der Waals surface area contributed by atoms with E-state index >= 15 is 0 Å². The van der Waals surface area contributed by atoms with Crippen LogP contribution in [0.25, 0.3) is 0 Å². The Bertz CT molecular complexity index is 422. The molecule has 2 rings (SSSR count). The first-order chi connectivity index (χ1) is 7.72. The van der Waals surface area contributed by atoms with Gasteiger partial charge in [-0.15, -0.1) is 0 Å². The number of hydrogen-bond acceptors (Lipinski definition) is 3. The van der Waals surface area contributed by atoms with Gasteiger partial charge in [-0.1, -0.05) is 0 Å². The van der Waals surface area contributed by atoms with Gasteiger partial charge in [0.2, 0.25) is 0 Å². The molecule has 1 aliphatic heterocycles. The minimum atomic E-state index is -0.467. The molecule has 16 heavy (non-hydrogen) atoms. The van der Waals surface area contributed by atoms with Crippen LogP contribution < -0.4 is 4.90 Å². The monoisotopic (exact) mass is 220 g/mol. The molecule has 1 atom stereocenters. The number of rotatable bonds is 2. The van der Waals surface area contributed by atoms with Crippen molar-refractivity contribution in [1.82, 2.24) is 0 Å². The third-order valence-electron chi connectivity index (χ3n) is 2.93. The fourth-order valence-electron chi connectivity index (χ4n) is 1.85. The van der Waals surface area contributed by atoms with Gasteiger partial charge in [-0.05, 0) is 24.6 Å². The quantitative estimate of drug-likeness (QED) is 0.764. The minimum Gasteiger partial charge on any atom is -0.379 e. The predicted octanol–water partition coefficient (Wildman–Crippen LogP) is 1.92. The summed E-state index contributed by atoms with van der Waals surface area (Å²) in [6.07, 6.45) is 0.956. The van der Waals surface area contributed by atoms with Crippen molar-refractivity contribution in [2.75, 3.05) is 25.2 Å². The van der Waals surface area contributed by atoms with E-state index in [1.807, 2.05) is 18.0 Å². The normalized spacial score (nSPS) is 19.4. The van der Waals surface area contributed by atoms with Gasteiger partial charge in [-0.25, -0.2) is 4.39 Å². The number of hydrogen-bond donors (Lipinski definition) is 0. The molecule has 0 spiro atoms. The fraction of sp³-hybridized carbons (Fsp3) is 0.417. The highest BCUT2D eigenvalue weighted by atomic mass is 19.1. The third-order valence-corrected chi connectivity index (χ3v) is 2.93. The van der Waals surface area contributed by atoms with Crippen LogP contribution in [0.4, 0.5) is 10.1 Å². The Hall–Kier alpha value is -1.60. The molecule has 1 heterocycles. The molecule has 0 N–H and O–H groups in total. The summed E-state index contributed by atoms with van der Waals surface area (Å²) in [6, 6.07) is 6.79. The highest BCUT2D eigenvalue weighted by Crippen LogP contribution is 2.22. The van der Waals surface area contributed by atoms with Crippen LogP contribution in [0.15, 0.2) is 18.2 Å². The van der Waals surface area contributed by atoms with E-state index in [0.29, 0.717) is 12.6 Å². The van der Waals surface area contributed by atoms with Gasteiger partial charge in [0, 0.05) is 19.3 Å². The Morgan fingerprint density at radius 2 is 2.38 bits per heavy atom. The molecule has 4 heteroatoms. The van der Waals surface area contributed by atoms with E-state index in [1.165, 1.54) is 12.1 Å². The van der Waals surface area contributed by atoms with Gasteiger partial charge in [0.15, 0.2) is 0 Å². The summed E-state index contributed by atoms with van der Waals surface area (Å²) >= 11 is 0. The first-order valence-corrected chi connectivity index (χ1v) is 5.22. The van der Waals surface area contributed by atoms with Crippen molar-refractivity contribution in [1.29, 1.82) is 5.26 Å². The molecule has 3 nitrogen and oxygen atoms in total. The summed E-state index contributed by atoms with van der Waals surface area (Å²) < 4.78 is 18.7. The molecule has 1 aromatic carbocycles. The average molecular weight is 220 g/mol. The van der Waals surface area contributed by atoms with Gasteiger partial charge in [-0.2, -0.15) is 5.26 Å². The largest absolute Gasteiger partial charge is 0.379 e. The van der Waals surface area contributed by atoms with Crippen molar-refractivity contribution in [2.45, 2.75) is 12.5 Å². The molecule has 0 amide bonds. The zero-order valence-electron chi connectivity index (χ0n) is 9.11. The van der Waals surface area contributed by atoms with Crippen molar-refractivity contribution in [3.63, 3.8) is 0 Å². The van der Waals surface area contributed by atoms with Crippen LogP contribution in [-0.4, -0.2) is 26.3 Å². The van der Waals surface area contributed by atoms with Gasteiger partial charge >= 0.3 is 0 Å². The zero-order valence-corrected chi connectivity index (χ0v) is 9.11. The lowest BCUT2D eigenvalue weighted by atomic mass is 10.1. The molecule has 1 aromatic rings. The SMILES string of the molecule is CN(c1ccc(C#N)c(F)c1)C1CCOC1. The van der Waals surface area contributed by atoms with Crippen LogP contribution in [0, 0.1) is 17.1 Å². The lowest BCUT2D eigenvalue weighted by molar-refractivity contribution is 0.193. The van der Waals surface area contributed by atoms with Gasteiger partial charge < -0.3 is 9.64 Å². The van der Waals surface area contributed by atoms with Crippen molar-refractivity contribution in [3.05, 3.63) is 29.6 Å². The number of likely N-dealkylation sites (N-methyl/N-ethyl adjacent to an activating group) is 1. The standard InChI is InChI=1S/C12H13FN2O/c1-15(11-4-5-16-8-11)10-3-2-9(7-14)12(13)6-10/h2-3,6,11H,4-5,8H2,1H3. The summed E-state index contributed by atoms with van der Waals surface area (Å²) in [5.74, 6) is -0.467. The molecule has 0 bridgehead atoms. The number of anilines is 1. The topological polar surface area (TPSA) is 36.3 Å². The van der Waals surface area contributed by atoms with E-state index in [0.717, 1.165) is 18.7 Å². The van der Waals surface area contributed by atoms with E-state index in [1.54, 1.807) is 6.07 Å². The summed E-state index contributed by atoms with van der Waals surface area (Å²) in [5, 5.41) is 8.64. The lowest BCUT2D eigenvalue weighted by Gasteiger charge is -2.25. The second-order valence-corrected chi connectivity index (χ2v) is 3.90. The lowest BCUT2D eigenvalue weighted by Crippen LogP contribution is -2.31. The van der Waals surface area contributed by atoms with Gasteiger partial charge in [0.25, 0.3) is 0 Å². The summed E-state index contributed by atoms with van der Waals surface area (Å²) in [6.45, 7) is 1.44. The zero-order chi connectivity index (χ0) is 11.5. The molecule has 0 saturated carbocycles. The minimum absolute atomic E-state index is 0.0832. The highest BCUT2D eigenvalue weighted by Gasteiger charge is 2.21. The molecule has 1 aliphatic rings. The average Bonchev–Trinajstić information content (AvgIpc) is 2.81. The number of ether oxygens (including phenoxy) is 1. The fourth-order valence-corrected chi connectivity index (χ4v) is 1.85. The van der Waals surface area contributed by atoms with Crippen molar-refractivity contribution < 1.29 is 9.13 Å². The summed E-state index contributed by atoms with van der Waals surface area (Å²) in [4.78, 5) is 2.00. The molecule has 0 aromatic heterocycles. The maximum atomic E-state index is 13.4. The van der Waals surface area contributed by atoms with E-state index in [9.17, 15) is 4.39 Å². The Morgan fingerprint density at radius 3 is 2.94 bits per heavy atom. The van der Waals surface area contributed by atoms with Crippen molar-refractivity contribution >= 4 is 5.69 Å². The Labute approximate surface area is 94.0 Å². The molecule has 84 valence electrons.